The van der Waals surface area contributed by atoms with Gasteiger partial charge in [0, 0.05) is 26.6 Å². The van der Waals surface area contributed by atoms with Crippen LogP contribution in [0.3, 0.4) is 0 Å². The zero-order chi connectivity index (χ0) is 15.1. The van der Waals surface area contributed by atoms with E-state index in [1.165, 1.54) is 5.56 Å². The summed E-state index contributed by atoms with van der Waals surface area (Å²) in [5.41, 5.74) is 1.78. The van der Waals surface area contributed by atoms with Crippen LogP contribution in [-0.4, -0.2) is 42.6 Å². The van der Waals surface area contributed by atoms with Gasteiger partial charge < -0.3 is 9.64 Å². The van der Waals surface area contributed by atoms with Gasteiger partial charge in [-0.25, -0.2) is 0 Å². The van der Waals surface area contributed by atoms with Crippen molar-refractivity contribution in [2.75, 3.05) is 20.8 Å². The number of benzene rings is 1. The summed E-state index contributed by atoms with van der Waals surface area (Å²) in [5, 5.41) is 0. The SMILES string of the molecule is COC[C@H](Cc1ccccc1)N(C)C(=O)c1cccnc1. The molecule has 0 saturated carbocycles. The maximum atomic E-state index is 12.5. The molecule has 1 aromatic heterocycles. The minimum absolute atomic E-state index is 0.00916. The maximum absolute atomic E-state index is 12.5. The molecular formula is C17H20N2O2. The van der Waals surface area contributed by atoms with Crippen molar-refractivity contribution in [3.05, 3.63) is 66.0 Å². The smallest absolute Gasteiger partial charge is 0.255 e. The molecule has 0 aliphatic carbocycles. The van der Waals surface area contributed by atoms with Gasteiger partial charge in [-0.1, -0.05) is 30.3 Å². The highest BCUT2D eigenvalue weighted by Crippen LogP contribution is 2.11. The van der Waals surface area contributed by atoms with Crippen molar-refractivity contribution in [2.24, 2.45) is 0 Å². The van der Waals surface area contributed by atoms with Crippen molar-refractivity contribution >= 4 is 5.91 Å². The Morgan fingerprint density at radius 2 is 2.00 bits per heavy atom. The Labute approximate surface area is 125 Å². The first-order valence-electron chi connectivity index (χ1n) is 6.92. The molecule has 0 fully saturated rings. The second kappa shape index (κ2) is 7.55. The Kier molecular flexibility index (Phi) is 5.46. The van der Waals surface area contributed by atoms with E-state index in [4.69, 9.17) is 4.74 Å². The molecule has 0 saturated heterocycles. The van der Waals surface area contributed by atoms with E-state index in [2.05, 4.69) is 17.1 Å². The molecule has 21 heavy (non-hydrogen) atoms. The number of aromatic nitrogens is 1. The number of carbonyl (C=O) groups is 1. The van der Waals surface area contributed by atoms with Crippen LogP contribution in [0.4, 0.5) is 0 Å². The van der Waals surface area contributed by atoms with Crippen LogP contribution < -0.4 is 0 Å². The summed E-state index contributed by atoms with van der Waals surface area (Å²) in [6.07, 6.45) is 4.01. The van der Waals surface area contributed by atoms with Crippen molar-refractivity contribution in [3.8, 4) is 0 Å². The number of hydrogen-bond acceptors (Lipinski definition) is 3. The molecule has 1 atom stereocenters. The zero-order valence-corrected chi connectivity index (χ0v) is 12.4. The molecule has 0 N–H and O–H groups in total. The molecule has 0 aliphatic rings. The van der Waals surface area contributed by atoms with Crippen molar-refractivity contribution in [3.63, 3.8) is 0 Å². The van der Waals surface area contributed by atoms with Crippen molar-refractivity contribution in [1.82, 2.24) is 9.88 Å². The predicted octanol–water partition coefficient (Wildman–Crippen LogP) is 2.41. The number of carbonyl (C=O) groups excluding carboxylic acids is 1. The van der Waals surface area contributed by atoms with Gasteiger partial charge in [-0.3, -0.25) is 9.78 Å². The minimum Gasteiger partial charge on any atom is -0.383 e. The first kappa shape index (κ1) is 15.2. The van der Waals surface area contributed by atoms with Crippen LogP contribution in [0.5, 0.6) is 0 Å². The summed E-state index contributed by atoms with van der Waals surface area (Å²) in [6, 6.07) is 13.6. The number of rotatable bonds is 6. The Morgan fingerprint density at radius 1 is 1.24 bits per heavy atom. The van der Waals surface area contributed by atoms with Gasteiger partial charge in [-0.05, 0) is 24.1 Å². The van der Waals surface area contributed by atoms with Gasteiger partial charge in [0.25, 0.3) is 5.91 Å². The number of likely N-dealkylation sites (N-methyl/N-ethyl adjacent to an activating group) is 1. The van der Waals surface area contributed by atoms with Crippen molar-refractivity contribution in [1.29, 1.82) is 0 Å². The van der Waals surface area contributed by atoms with Gasteiger partial charge >= 0.3 is 0 Å². The van der Waals surface area contributed by atoms with Crippen LogP contribution in [0.15, 0.2) is 54.9 Å². The summed E-state index contributed by atoms with van der Waals surface area (Å²) >= 11 is 0. The van der Waals surface area contributed by atoms with Gasteiger partial charge in [0.2, 0.25) is 0 Å². The van der Waals surface area contributed by atoms with Crippen LogP contribution in [-0.2, 0) is 11.2 Å². The second-order valence-corrected chi connectivity index (χ2v) is 4.96. The van der Waals surface area contributed by atoms with E-state index in [0.29, 0.717) is 12.2 Å². The second-order valence-electron chi connectivity index (χ2n) is 4.96. The van der Waals surface area contributed by atoms with Crippen LogP contribution in [0.2, 0.25) is 0 Å². The van der Waals surface area contributed by atoms with Gasteiger partial charge in [0.05, 0.1) is 18.2 Å². The molecular weight excluding hydrogens is 264 g/mol. The number of methoxy groups -OCH3 is 1. The monoisotopic (exact) mass is 284 g/mol. The topological polar surface area (TPSA) is 42.4 Å². The van der Waals surface area contributed by atoms with E-state index >= 15 is 0 Å². The largest absolute Gasteiger partial charge is 0.383 e. The molecule has 0 spiro atoms. The molecule has 4 nitrogen and oxygen atoms in total. The van der Waals surface area contributed by atoms with Crippen LogP contribution in [0, 0.1) is 0 Å². The highest BCUT2D eigenvalue weighted by molar-refractivity contribution is 5.93. The molecule has 1 aromatic carbocycles. The fourth-order valence-electron chi connectivity index (χ4n) is 2.24. The summed E-state index contributed by atoms with van der Waals surface area (Å²) in [5.74, 6) is -0.0407. The summed E-state index contributed by atoms with van der Waals surface area (Å²) in [6.45, 7) is 0.497. The van der Waals surface area contributed by atoms with Gasteiger partial charge in [-0.15, -0.1) is 0 Å². The Hall–Kier alpha value is -2.20. The summed E-state index contributed by atoms with van der Waals surface area (Å²) < 4.78 is 5.27. The molecule has 0 radical (unpaired) electrons. The fourth-order valence-corrected chi connectivity index (χ4v) is 2.24. The Morgan fingerprint density at radius 3 is 2.62 bits per heavy atom. The lowest BCUT2D eigenvalue weighted by molar-refractivity contribution is 0.0604. The Balaban J connectivity index is 2.12. The Bertz CT molecular complexity index is 558. The number of nitrogens with zero attached hydrogens (tertiary/aromatic N) is 2. The van der Waals surface area contributed by atoms with Crippen LogP contribution in [0.25, 0.3) is 0 Å². The van der Waals surface area contributed by atoms with Crippen molar-refractivity contribution < 1.29 is 9.53 Å². The lowest BCUT2D eigenvalue weighted by atomic mass is 10.0. The first-order chi connectivity index (χ1) is 10.2. The van der Waals surface area contributed by atoms with Crippen LogP contribution in [0.1, 0.15) is 15.9 Å². The zero-order valence-electron chi connectivity index (χ0n) is 12.4. The molecule has 4 heteroatoms. The lowest BCUT2D eigenvalue weighted by Gasteiger charge is -2.28. The molecule has 2 rings (SSSR count). The molecule has 0 bridgehead atoms. The average Bonchev–Trinajstić information content (AvgIpc) is 2.55. The lowest BCUT2D eigenvalue weighted by Crippen LogP contribution is -2.41. The quantitative estimate of drug-likeness (QED) is 0.818. The maximum Gasteiger partial charge on any atom is 0.255 e. The third kappa shape index (κ3) is 4.13. The molecule has 110 valence electrons. The fraction of sp³-hybridized carbons (Fsp3) is 0.294. The molecule has 2 aromatic rings. The van der Waals surface area contributed by atoms with E-state index in [0.717, 1.165) is 6.42 Å². The van der Waals surface area contributed by atoms with Gasteiger partial charge in [0.15, 0.2) is 0 Å². The minimum atomic E-state index is -0.0407. The summed E-state index contributed by atoms with van der Waals surface area (Å²) in [7, 11) is 3.46. The predicted molar refractivity (Wildman–Crippen MR) is 82.1 cm³/mol. The van der Waals surface area contributed by atoms with Gasteiger partial charge in [-0.2, -0.15) is 0 Å². The summed E-state index contributed by atoms with van der Waals surface area (Å²) in [4.78, 5) is 18.2. The number of hydrogen-bond donors (Lipinski definition) is 0. The third-order valence-corrected chi connectivity index (χ3v) is 3.45. The molecule has 0 aliphatic heterocycles. The van der Waals surface area contributed by atoms with E-state index < -0.39 is 0 Å². The van der Waals surface area contributed by atoms with Crippen LogP contribution >= 0.6 is 0 Å². The van der Waals surface area contributed by atoms with E-state index in [1.54, 1.807) is 36.5 Å². The highest BCUT2D eigenvalue weighted by Gasteiger charge is 2.21. The number of amides is 1. The number of pyridine rings is 1. The van der Waals surface area contributed by atoms with Crippen molar-refractivity contribution in [2.45, 2.75) is 12.5 Å². The first-order valence-corrected chi connectivity index (χ1v) is 6.92. The highest BCUT2D eigenvalue weighted by atomic mass is 16.5. The van der Waals surface area contributed by atoms with E-state index in [-0.39, 0.29) is 11.9 Å². The van der Waals surface area contributed by atoms with E-state index in [1.807, 2.05) is 25.2 Å². The van der Waals surface area contributed by atoms with E-state index in [9.17, 15) is 4.79 Å². The molecule has 1 heterocycles. The third-order valence-electron chi connectivity index (χ3n) is 3.45. The standard InChI is InChI=1S/C17H20N2O2/c1-19(17(20)15-9-6-10-18-12-15)16(13-21-2)11-14-7-4-3-5-8-14/h3-10,12,16H,11,13H2,1-2H3/t16-/m0/s1. The van der Waals surface area contributed by atoms with Gasteiger partial charge in [0.1, 0.15) is 0 Å². The average molecular weight is 284 g/mol. The molecule has 1 amide bonds. The molecule has 0 unspecified atom stereocenters. The normalized spacial score (nSPS) is 11.9. The number of ether oxygens (including phenoxy) is 1.